The van der Waals surface area contributed by atoms with Gasteiger partial charge in [0.15, 0.2) is 0 Å². The molecule has 0 spiro atoms. The van der Waals surface area contributed by atoms with E-state index in [1.165, 1.54) is 21.1 Å². The van der Waals surface area contributed by atoms with Crippen LogP contribution in [0.5, 0.6) is 34.9 Å². The number of alkyl carbamates (subject to hydrolysis) is 3. The van der Waals surface area contributed by atoms with Gasteiger partial charge in [0.05, 0.1) is 72.6 Å². The predicted molar refractivity (Wildman–Crippen MR) is 492 cm³/mol. The van der Waals surface area contributed by atoms with Crippen molar-refractivity contribution in [3.63, 3.8) is 0 Å². The maximum atomic E-state index is 14.2. The van der Waals surface area contributed by atoms with Crippen molar-refractivity contribution >= 4 is 88.0 Å². The van der Waals surface area contributed by atoms with Gasteiger partial charge >= 0.3 is 18.3 Å². The molecule has 3 aromatic carbocycles. The van der Waals surface area contributed by atoms with Crippen LogP contribution in [0.2, 0.25) is 0 Å². The summed E-state index contributed by atoms with van der Waals surface area (Å²) >= 11 is 0. The fraction of sp³-hybridized carbons (Fsp3) is 0.673. The predicted octanol–water partition coefficient (Wildman–Crippen LogP) is 15.7. The van der Waals surface area contributed by atoms with Crippen LogP contribution in [0.3, 0.4) is 0 Å². The van der Waals surface area contributed by atoms with Gasteiger partial charge in [0.2, 0.25) is 35.4 Å². The fourth-order valence-corrected chi connectivity index (χ4v) is 21.1. The zero-order valence-electron chi connectivity index (χ0n) is 80.9. The van der Waals surface area contributed by atoms with E-state index in [4.69, 9.17) is 72.5 Å². The number of amides is 6. The first-order chi connectivity index (χ1) is 62.7. The van der Waals surface area contributed by atoms with E-state index in [1.54, 1.807) is 0 Å². The number of aromatic nitrogens is 6. The minimum atomic E-state index is -0.910. The molecule has 134 heavy (non-hydrogen) atoms. The number of carbonyl (C=O) groups excluding carboxylic acids is 9. The first kappa shape index (κ1) is 106. The van der Waals surface area contributed by atoms with Gasteiger partial charge in [-0.15, -0.1) is 0 Å². The summed E-state index contributed by atoms with van der Waals surface area (Å²) in [4.78, 5) is 153. The van der Waals surface area contributed by atoms with E-state index in [1.807, 2.05) is 165 Å². The molecule has 7 fully saturated rings. The van der Waals surface area contributed by atoms with E-state index in [0.717, 1.165) is 143 Å². The summed E-state index contributed by atoms with van der Waals surface area (Å²) in [5, 5.41) is 8.62. The number of hydrogen-bond acceptors (Lipinski definition) is 24. The standard InChI is InChI=1S/C35H47N4O6.C35H49N4O6.C31H41N4O6.3V/c1-6-22-28(19-40)39-18-30(22)44-32-26(36-25-14-13-21(43-7-2)17-27(25)37-32)12-10-8-9-11-23-24-15-20(24)16-29(23)45-34(42)38-31(33(39)41)35(3,4)5;1-7-24-28(21-40)39-20-29(24)44-31-26(36-25-17-16-23(43-8-2)19-27(25)37-31)15-11-9-10-13-22-14-12-18-35(22,6)45-33(42)38-30(32(39)41)34(3,4)5;1-6-39-20-12-13-21-23(15-20)33-28-22(32-21)11-9-7-8-10-19-14-25(19)41-30(38)34-27(31(3,4)5)29(37)35-16-26(40-28)18(2)24(35)17-36;;;/h13-14,17,20,22-24,28-31H,6-12,15-16,18H2,1-5H3,(H,38,42);16-17,19,22,24,28-30H,7-15,18,20H2,1-6H3,(H,38,42);12-13,15,18-19,24-27H,6-11,14,16H2,1-5H3,(H,34,38);;;/q3*-1;;;/t20?,22-,23+,24?,28+,29+,30-,31+;22-,24+,28-,29+,30-,35-;18-,19+,24+,25+,26-,27+;;;/m010.../s1. The molecule has 2 unspecified atom stereocenters. The molecule has 3 N–H and O–H groups in total. The third kappa shape index (κ3) is 24.8. The summed E-state index contributed by atoms with van der Waals surface area (Å²) in [7, 11) is 0. The number of ether oxygens (including phenoxy) is 9. The van der Waals surface area contributed by atoms with E-state index < -0.39 is 94.7 Å². The number of nitrogens with one attached hydrogen (secondary N) is 3. The second kappa shape index (κ2) is 45.8. The Labute approximate surface area is 824 Å². The monoisotopic (exact) mass is 1960 g/mol. The normalized spacial score (nSPS) is 29.8. The summed E-state index contributed by atoms with van der Waals surface area (Å²) in [5.41, 5.74) is 4.12. The molecule has 3 radical (unpaired) electrons. The van der Waals surface area contributed by atoms with Crippen molar-refractivity contribution in [2.75, 3.05) is 39.5 Å². The van der Waals surface area contributed by atoms with Gasteiger partial charge < -0.3 is 87.7 Å². The van der Waals surface area contributed by atoms with Crippen molar-refractivity contribution in [3.05, 3.63) is 71.7 Å². The van der Waals surface area contributed by atoms with Crippen LogP contribution < -0.4 is 44.4 Å². The SMILES string of the molecule is CCOc1ccc2nc3c(nc2c1)O[C@H]1CN(C(=O)[C@H](C(C)(C)C)NC(=O)O[C@@H]2CC4CC4[C@H]2CCCCC3)[C@H]([C-]=O)[C@@H]1CC.CCOc1ccc2nc3c(nc2c1)O[C@H]1CN(C(=O)[C@H](C(C)(C)C)NC(=O)O[C@@H]2C[C@H]2CCCCC3)[C@H]([C-]=O)[C@@H]1C.CCOc1ccc2nc3c(nc2c1)O[C@H]1CN(C(=O)[C@H](C(C)(C)C)NC(=O)O[C@]2(C)CCC[C@H]2CCCCC3)[C@H]([C-]=O)[C@@H]1CC.[V].[V].[V]. The maximum absolute atomic E-state index is 14.2. The Kier molecular flexibility index (Phi) is 36.2. The first-order valence-electron chi connectivity index (χ1n) is 48.5. The summed E-state index contributed by atoms with van der Waals surface area (Å²) in [6.07, 6.45) is 23.6. The second-order valence-corrected chi connectivity index (χ2v) is 41.2. The second-order valence-electron chi connectivity index (χ2n) is 41.2. The van der Waals surface area contributed by atoms with Crippen LogP contribution in [0.15, 0.2) is 54.6 Å². The van der Waals surface area contributed by atoms with Crippen molar-refractivity contribution in [2.24, 2.45) is 63.6 Å². The molecule has 9 heterocycles. The van der Waals surface area contributed by atoms with Crippen LogP contribution in [-0.4, -0.2) is 211 Å². The van der Waals surface area contributed by atoms with Crippen LogP contribution in [-0.2, 0) is 118 Å². The summed E-state index contributed by atoms with van der Waals surface area (Å²) in [5.74, 6) is 3.60. The zero-order valence-corrected chi connectivity index (χ0v) is 85.1. The van der Waals surface area contributed by atoms with Crippen LogP contribution in [0.1, 0.15) is 256 Å². The molecule has 33 heteroatoms. The molecular weight excluding hydrogens is 1820 g/mol. The summed E-state index contributed by atoms with van der Waals surface area (Å²) in [6, 6.07) is 11.9. The molecule has 3 aromatic heterocycles. The van der Waals surface area contributed by atoms with Gasteiger partial charge in [0.25, 0.3) is 0 Å². The fourth-order valence-electron chi connectivity index (χ4n) is 21.1. The van der Waals surface area contributed by atoms with Gasteiger partial charge in [-0.25, -0.2) is 63.1 Å². The topological polar surface area (TPSA) is 360 Å². The molecular formula is C101H137N12O18V3-3. The van der Waals surface area contributed by atoms with Gasteiger partial charge in [0.1, 0.15) is 88.6 Å². The number of hydrogen-bond donors (Lipinski definition) is 3. The van der Waals surface area contributed by atoms with Crippen molar-refractivity contribution < 1.29 is 141 Å². The van der Waals surface area contributed by atoms with Gasteiger partial charge in [-0.2, -0.15) is 0 Å². The third-order valence-electron chi connectivity index (χ3n) is 28.7. The average Bonchev–Trinajstić information content (AvgIpc) is 1.50. The molecule has 6 aromatic rings. The Hall–Kier alpha value is -8.54. The van der Waals surface area contributed by atoms with Gasteiger partial charge in [0, 0.05) is 73.9 Å². The van der Waals surface area contributed by atoms with E-state index in [0.29, 0.717) is 127 Å². The average molecular weight is 1960 g/mol. The van der Waals surface area contributed by atoms with Crippen molar-refractivity contribution in [1.82, 2.24) is 60.6 Å². The van der Waals surface area contributed by atoms with Gasteiger partial charge in [-0.05, 0) is 224 Å². The molecule has 6 aliphatic heterocycles. The minimum absolute atomic E-state index is 0. The number of rotatable bonds is 11. The molecule has 6 amide bonds. The Morgan fingerprint density at radius 3 is 1.19 bits per heavy atom. The smallest absolute Gasteiger partial charge is 0.408 e. The Morgan fingerprint density at radius 2 is 0.784 bits per heavy atom. The summed E-state index contributed by atoms with van der Waals surface area (Å²) < 4.78 is 54.7. The number of fused-ring (bicyclic) bond motifs is 17. The number of aryl methyl sites for hydroxylation is 3. The quantitative estimate of drug-likeness (QED) is 0.0801. The molecule has 6 bridgehead atoms. The van der Waals surface area contributed by atoms with Crippen LogP contribution in [0, 0.1) is 63.6 Å². The Balaban J connectivity index is 0.000000192. The Morgan fingerprint density at radius 1 is 0.410 bits per heavy atom. The molecule has 16 rings (SSSR count). The van der Waals surface area contributed by atoms with E-state index >= 15 is 0 Å². The van der Waals surface area contributed by atoms with E-state index in [-0.39, 0.29) is 129 Å². The van der Waals surface area contributed by atoms with Gasteiger partial charge in [-0.1, -0.05) is 153 Å². The first-order valence-corrected chi connectivity index (χ1v) is 48.5. The Bertz CT molecular complexity index is 5010. The molecule has 4 saturated carbocycles. The molecule has 727 valence electrons. The molecule has 10 aliphatic rings. The third-order valence-corrected chi connectivity index (χ3v) is 28.7. The van der Waals surface area contributed by atoms with E-state index in [2.05, 4.69) is 34.8 Å². The van der Waals surface area contributed by atoms with Crippen LogP contribution in [0.4, 0.5) is 14.4 Å². The summed E-state index contributed by atoms with van der Waals surface area (Å²) in [6.45, 7) is 32.8. The maximum Gasteiger partial charge on any atom is 0.408 e. The zero-order chi connectivity index (χ0) is 93.5. The van der Waals surface area contributed by atoms with Crippen molar-refractivity contribution in [3.8, 4) is 34.9 Å². The number of nitrogens with zero attached hydrogens (tertiary/aromatic N) is 9. The molecule has 20 atom stereocenters. The molecule has 30 nitrogen and oxygen atoms in total. The van der Waals surface area contributed by atoms with Crippen molar-refractivity contribution in [1.29, 1.82) is 0 Å². The van der Waals surface area contributed by atoms with Crippen molar-refractivity contribution in [2.45, 2.75) is 331 Å². The van der Waals surface area contributed by atoms with Crippen LogP contribution in [0.25, 0.3) is 33.1 Å². The number of carbonyl (C=O) groups is 6. The number of benzene rings is 3. The van der Waals surface area contributed by atoms with Gasteiger partial charge in [-0.3, -0.25) is 14.4 Å². The molecule has 3 saturated heterocycles. The molecule has 4 aliphatic carbocycles. The largest absolute Gasteiger partial charge is 0.540 e. The van der Waals surface area contributed by atoms with E-state index in [9.17, 15) is 43.2 Å². The van der Waals surface area contributed by atoms with Crippen LogP contribution >= 0.6 is 0 Å². The minimum Gasteiger partial charge on any atom is -0.540 e.